The van der Waals surface area contributed by atoms with Gasteiger partial charge in [0, 0.05) is 19.4 Å². The summed E-state index contributed by atoms with van der Waals surface area (Å²) in [5, 5.41) is 39.4. The molecule has 0 spiro atoms. The minimum Gasteiger partial charge on any atom is -0.508 e. The number of benzene rings is 3. The van der Waals surface area contributed by atoms with Crippen LogP contribution in [0.4, 0.5) is 5.69 Å². The van der Waals surface area contributed by atoms with Crippen LogP contribution in [0.3, 0.4) is 0 Å². The fraction of sp³-hybridized carbons (Fsp3) is 0.400. The molecule has 380 valence electrons. The largest absolute Gasteiger partial charge is 0.508 e. The minimum atomic E-state index is -1.25. The number of carbonyl (C=O) groups excluding carboxylic acids is 7. The van der Waals surface area contributed by atoms with Gasteiger partial charge >= 0.3 is 5.97 Å². The first-order chi connectivity index (χ1) is 33.7. The van der Waals surface area contributed by atoms with Gasteiger partial charge < -0.3 is 58.5 Å². The van der Waals surface area contributed by atoms with Crippen LogP contribution in [-0.4, -0.2) is 107 Å². The molecule has 0 aliphatic heterocycles. The molecular weight excluding hydrogens is 919 g/mol. The monoisotopic (exact) mass is 981 g/mol. The van der Waals surface area contributed by atoms with Crippen molar-refractivity contribution in [2.45, 2.75) is 96.6 Å². The molecular formula is C50H63N9O12. The lowest BCUT2D eigenvalue weighted by molar-refractivity contribution is -0.142. The van der Waals surface area contributed by atoms with Crippen LogP contribution < -0.4 is 59.1 Å². The lowest BCUT2D eigenvalue weighted by Gasteiger charge is -2.24. The maximum atomic E-state index is 13.9. The Balaban J connectivity index is 1.33. The number of anilines is 1. The second kappa shape index (κ2) is 27.3. The number of carboxylic acids is 1. The predicted octanol–water partition coefficient (Wildman–Crippen LogP) is -0.580. The van der Waals surface area contributed by atoms with Crippen LogP contribution in [0.2, 0.25) is 0 Å². The summed E-state index contributed by atoms with van der Waals surface area (Å²) in [6, 6.07) is 17.7. The van der Waals surface area contributed by atoms with Crippen molar-refractivity contribution >= 4 is 53.0 Å². The molecule has 0 saturated heterocycles. The van der Waals surface area contributed by atoms with Gasteiger partial charge in [0.15, 0.2) is 0 Å². The van der Waals surface area contributed by atoms with E-state index in [0.717, 1.165) is 0 Å². The molecule has 4 aromatic rings. The van der Waals surface area contributed by atoms with Gasteiger partial charge in [-0.05, 0) is 59.9 Å². The van der Waals surface area contributed by atoms with Gasteiger partial charge in [0.2, 0.25) is 52.2 Å². The Kier molecular flexibility index (Phi) is 21.4. The van der Waals surface area contributed by atoms with Crippen LogP contribution >= 0.6 is 0 Å². The fourth-order valence-corrected chi connectivity index (χ4v) is 7.33. The SMILES string of the molecule is CC(C)C[C@H](NC(=O)[C@H](Cc1ccccc1)NC(=O)CNC(=O)CNC(=O)[C@H](CC(C)C)NC(=O)[C@H](Cc1ccccc1)NC(=O)CNc1c(CNC(=O)[C@@H](N)Cc2ccc(O)cc2)c(=O)c1=O)C(=O)O. The van der Waals surface area contributed by atoms with Gasteiger partial charge in [0.25, 0.3) is 0 Å². The third kappa shape index (κ3) is 18.5. The van der Waals surface area contributed by atoms with Crippen molar-refractivity contribution in [3.05, 3.63) is 128 Å². The van der Waals surface area contributed by atoms with E-state index in [1.165, 1.54) is 12.1 Å². The van der Waals surface area contributed by atoms with Gasteiger partial charge in [-0.15, -0.1) is 0 Å². The first-order valence-corrected chi connectivity index (χ1v) is 23.1. The quantitative estimate of drug-likeness (QED) is 0.0318. The second-order valence-electron chi connectivity index (χ2n) is 17.9. The van der Waals surface area contributed by atoms with Crippen molar-refractivity contribution in [1.82, 2.24) is 37.2 Å². The lowest BCUT2D eigenvalue weighted by Crippen LogP contribution is -2.56. The number of aromatic hydroxyl groups is 1. The Morgan fingerprint density at radius 2 is 0.986 bits per heavy atom. The Morgan fingerprint density at radius 1 is 0.507 bits per heavy atom. The highest BCUT2D eigenvalue weighted by molar-refractivity contribution is 5.95. The fourth-order valence-electron chi connectivity index (χ4n) is 7.33. The maximum Gasteiger partial charge on any atom is 0.326 e. The van der Waals surface area contributed by atoms with Crippen LogP contribution in [0.25, 0.3) is 0 Å². The third-order valence-electron chi connectivity index (χ3n) is 11.0. The van der Waals surface area contributed by atoms with Crippen molar-refractivity contribution < 1.29 is 48.6 Å². The number of nitrogens with one attached hydrogen (secondary N) is 8. The molecule has 21 nitrogen and oxygen atoms in total. The molecule has 4 rings (SSSR count). The van der Waals surface area contributed by atoms with Crippen LogP contribution in [0.1, 0.15) is 62.8 Å². The highest BCUT2D eigenvalue weighted by atomic mass is 16.4. The van der Waals surface area contributed by atoms with E-state index in [9.17, 15) is 58.2 Å². The van der Waals surface area contributed by atoms with Gasteiger partial charge in [-0.2, -0.15) is 0 Å². The second-order valence-corrected chi connectivity index (χ2v) is 17.9. The van der Waals surface area contributed by atoms with Gasteiger partial charge in [0.1, 0.15) is 29.9 Å². The summed E-state index contributed by atoms with van der Waals surface area (Å²) in [5.41, 5.74) is 5.99. The number of carbonyl (C=O) groups is 8. The number of phenolic OH excluding ortho intramolecular Hbond substituents is 1. The first kappa shape index (κ1) is 55.7. The van der Waals surface area contributed by atoms with Crippen LogP contribution in [0.15, 0.2) is 94.5 Å². The van der Waals surface area contributed by atoms with E-state index in [-0.39, 0.29) is 67.5 Å². The molecule has 0 aromatic heterocycles. The number of hydrogen-bond donors (Lipinski definition) is 11. The topological polar surface area (TPSA) is 333 Å². The van der Waals surface area contributed by atoms with Crippen LogP contribution in [0.5, 0.6) is 5.75 Å². The Labute approximate surface area is 410 Å². The van der Waals surface area contributed by atoms with Crippen LogP contribution in [0, 0.1) is 11.8 Å². The maximum absolute atomic E-state index is 13.9. The van der Waals surface area contributed by atoms with Crippen LogP contribution in [-0.2, 0) is 64.2 Å². The smallest absolute Gasteiger partial charge is 0.326 e. The highest BCUT2D eigenvalue weighted by Gasteiger charge is 2.30. The van der Waals surface area contributed by atoms with Crippen molar-refractivity contribution in [2.24, 2.45) is 17.6 Å². The van der Waals surface area contributed by atoms with E-state index in [2.05, 4.69) is 42.5 Å². The molecule has 21 heteroatoms. The zero-order chi connectivity index (χ0) is 52.2. The zero-order valence-electron chi connectivity index (χ0n) is 40.0. The molecule has 0 fully saturated rings. The number of carboxylic acid groups (broad SMARTS) is 1. The molecule has 0 bridgehead atoms. The number of rotatable bonds is 28. The third-order valence-corrected chi connectivity index (χ3v) is 11.0. The molecule has 7 amide bonds. The van der Waals surface area contributed by atoms with Gasteiger partial charge in [-0.3, -0.25) is 43.2 Å². The van der Waals surface area contributed by atoms with E-state index in [4.69, 9.17) is 5.73 Å². The molecule has 0 aliphatic carbocycles. The molecule has 0 radical (unpaired) electrons. The van der Waals surface area contributed by atoms with E-state index >= 15 is 0 Å². The summed E-state index contributed by atoms with van der Waals surface area (Å²) < 4.78 is 0. The molecule has 12 N–H and O–H groups in total. The summed E-state index contributed by atoms with van der Waals surface area (Å²) in [6.45, 7) is 5.11. The summed E-state index contributed by atoms with van der Waals surface area (Å²) in [4.78, 5) is 129. The average molecular weight is 982 g/mol. The zero-order valence-corrected chi connectivity index (χ0v) is 40.0. The summed E-state index contributed by atoms with van der Waals surface area (Å²) in [7, 11) is 0. The van der Waals surface area contributed by atoms with Crippen molar-refractivity contribution in [2.75, 3.05) is 25.0 Å². The number of phenols is 1. The number of nitrogens with two attached hydrogens (primary N) is 1. The first-order valence-electron chi connectivity index (χ1n) is 23.1. The molecule has 0 saturated carbocycles. The summed E-state index contributed by atoms with van der Waals surface area (Å²) in [6.07, 6.45) is 0.406. The Bertz CT molecular complexity index is 2550. The van der Waals surface area contributed by atoms with Crippen molar-refractivity contribution in [3.63, 3.8) is 0 Å². The summed E-state index contributed by atoms with van der Waals surface area (Å²) >= 11 is 0. The summed E-state index contributed by atoms with van der Waals surface area (Å²) in [5.74, 6) is -6.50. The molecule has 5 atom stereocenters. The lowest BCUT2D eigenvalue weighted by atomic mass is 10.0. The highest BCUT2D eigenvalue weighted by Crippen LogP contribution is 2.13. The minimum absolute atomic E-state index is 0.0212. The van der Waals surface area contributed by atoms with E-state index < -0.39 is 108 Å². The predicted molar refractivity (Wildman–Crippen MR) is 262 cm³/mol. The molecule has 4 aromatic carbocycles. The number of aliphatic carboxylic acids is 1. The molecule has 0 heterocycles. The Hall–Kier alpha value is -7.94. The van der Waals surface area contributed by atoms with E-state index in [1.54, 1.807) is 100 Å². The Morgan fingerprint density at radius 3 is 1.51 bits per heavy atom. The van der Waals surface area contributed by atoms with Gasteiger partial charge in [0.05, 0.1) is 36.9 Å². The van der Waals surface area contributed by atoms with Crippen molar-refractivity contribution in [1.29, 1.82) is 0 Å². The molecule has 0 unspecified atom stereocenters. The van der Waals surface area contributed by atoms with Crippen molar-refractivity contribution in [3.8, 4) is 5.75 Å². The van der Waals surface area contributed by atoms with Gasteiger partial charge in [-0.1, -0.05) is 100 Å². The molecule has 71 heavy (non-hydrogen) atoms. The normalized spacial score (nSPS) is 13.2. The average Bonchev–Trinajstić information content (AvgIpc) is 3.33. The van der Waals surface area contributed by atoms with E-state index in [0.29, 0.717) is 16.7 Å². The standard InChI is InChI=1S/C50H63N9O12/c1-28(2)19-36(47(67)55-25-40(61)52-26-41(62)56-38(23-31-13-9-6-10-14-31)49(69)59-39(50(70)71)20-29(3)4)58-48(68)37(22-30-11-7-5-8-12-30)57-42(63)27-53-43-34(44(64)45(43)65)24-54-46(66)35(51)21-32-15-17-33(60)18-16-32/h5-18,28-29,35-39,53,60H,19-27,51H2,1-4H3,(H,52,61)(H,54,66)(H,55,67)(H,56,62)(H,57,63)(H,58,68)(H,59,69)(H,70,71)/t35-,36-,37-,38-,39-/m0/s1. The van der Waals surface area contributed by atoms with E-state index in [1.807, 2.05) is 0 Å². The number of amides is 7. The molecule has 0 aliphatic rings. The number of hydrogen-bond acceptors (Lipinski definition) is 13. The van der Waals surface area contributed by atoms with Gasteiger partial charge in [-0.25, -0.2) is 4.79 Å².